The molecular weight excluding hydrogens is 262 g/mol. The minimum atomic E-state index is -0.400. The molecule has 0 bridgehead atoms. The fraction of sp³-hybridized carbons (Fsp3) is 0.867. The summed E-state index contributed by atoms with van der Waals surface area (Å²) in [6.45, 7) is 2.59. The molecule has 112 valence electrons. The standard InChI is InChI=1S/C15H28ClNO2/c1-2-3-4-5-6-7-8-9-10-11-15(19)17-13-12-14(16)18/h2-13H2,1H3,(H,17,19). The van der Waals surface area contributed by atoms with Crippen LogP contribution in [0.4, 0.5) is 0 Å². The fourth-order valence-electron chi connectivity index (χ4n) is 1.98. The lowest BCUT2D eigenvalue weighted by molar-refractivity contribution is -0.121. The second-order valence-corrected chi connectivity index (χ2v) is 5.46. The Morgan fingerprint density at radius 3 is 1.89 bits per heavy atom. The summed E-state index contributed by atoms with van der Waals surface area (Å²) in [6, 6.07) is 0. The van der Waals surface area contributed by atoms with Crippen molar-refractivity contribution in [1.29, 1.82) is 0 Å². The molecule has 0 spiro atoms. The second kappa shape index (κ2) is 13.9. The predicted octanol–water partition coefficient (Wildman–Crippen LogP) is 4.18. The Morgan fingerprint density at radius 1 is 0.842 bits per heavy atom. The highest BCUT2D eigenvalue weighted by Gasteiger charge is 2.02. The topological polar surface area (TPSA) is 46.2 Å². The summed E-state index contributed by atoms with van der Waals surface area (Å²) in [5.41, 5.74) is 0. The molecular formula is C15H28ClNO2. The van der Waals surface area contributed by atoms with Crippen LogP contribution in [-0.2, 0) is 9.59 Å². The molecule has 0 saturated heterocycles. The molecule has 0 aliphatic carbocycles. The molecule has 0 aromatic heterocycles. The second-order valence-electron chi connectivity index (χ2n) is 5.03. The quantitative estimate of drug-likeness (QED) is 0.408. The van der Waals surface area contributed by atoms with Gasteiger partial charge in [-0.15, -0.1) is 0 Å². The van der Waals surface area contributed by atoms with Gasteiger partial charge in [0.25, 0.3) is 0 Å². The summed E-state index contributed by atoms with van der Waals surface area (Å²) in [6.07, 6.45) is 12.0. The average molecular weight is 290 g/mol. The van der Waals surface area contributed by atoms with E-state index in [1.165, 1.54) is 44.9 Å². The molecule has 1 N–H and O–H groups in total. The number of amides is 1. The molecule has 0 saturated carbocycles. The van der Waals surface area contributed by atoms with Crippen LogP contribution in [0.3, 0.4) is 0 Å². The molecule has 4 heteroatoms. The maximum Gasteiger partial charge on any atom is 0.223 e. The van der Waals surface area contributed by atoms with Crippen molar-refractivity contribution >= 4 is 22.8 Å². The number of hydrogen-bond acceptors (Lipinski definition) is 2. The van der Waals surface area contributed by atoms with Crippen molar-refractivity contribution in [3.63, 3.8) is 0 Å². The third-order valence-electron chi connectivity index (χ3n) is 3.15. The Hall–Kier alpha value is -0.570. The Labute approximate surface area is 122 Å². The SMILES string of the molecule is CCCCCCCCCCCC(=O)NCCC(=O)Cl. The zero-order valence-corrected chi connectivity index (χ0v) is 12.9. The molecule has 0 rings (SSSR count). The highest BCUT2D eigenvalue weighted by Crippen LogP contribution is 2.10. The first-order chi connectivity index (χ1) is 9.16. The lowest BCUT2D eigenvalue weighted by Crippen LogP contribution is -2.24. The van der Waals surface area contributed by atoms with Gasteiger partial charge in [0.2, 0.25) is 11.1 Å². The molecule has 0 aliphatic rings. The van der Waals surface area contributed by atoms with Gasteiger partial charge in [-0.3, -0.25) is 9.59 Å². The molecule has 0 aromatic rings. The van der Waals surface area contributed by atoms with Crippen LogP contribution in [0, 0.1) is 0 Å². The molecule has 0 fully saturated rings. The van der Waals surface area contributed by atoms with Crippen LogP contribution in [0.5, 0.6) is 0 Å². The first-order valence-electron chi connectivity index (χ1n) is 7.61. The molecule has 0 heterocycles. The van der Waals surface area contributed by atoms with Gasteiger partial charge in [0.15, 0.2) is 0 Å². The average Bonchev–Trinajstić information content (AvgIpc) is 2.36. The summed E-state index contributed by atoms with van der Waals surface area (Å²) in [7, 11) is 0. The van der Waals surface area contributed by atoms with Crippen molar-refractivity contribution in [2.75, 3.05) is 6.54 Å². The summed E-state index contributed by atoms with van der Waals surface area (Å²) >= 11 is 5.18. The van der Waals surface area contributed by atoms with Crippen molar-refractivity contribution < 1.29 is 9.59 Å². The number of unbranched alkanes of at least 4 members (excludes halogenated alkanes) is 8. The third kappa shape index (κ3) is 15.4. The van der Waals surface area contributed by atoms with E-state index in [9.17, 15) is 9.59 Å². The normalized spacial score (nSPS) is 10.4. The molecule has 0 radical (unpaired) electrons. The Bertz CT molecular complexity index is 244. The van der Waals surface area contributed by atoms with Gasteiger partial charge in [-0.1, -0.05) is 58.3 Å². The van der Waals surface area contributed by atoms with Crippen LogP contribution in [0.25, 0.3) is 0 Å². The molecule has 0 aromatic carbocycles. The zero-order valence-electron chi connectivity index (χ0n) is 12.2. The lowest BCUT2D eigenvalue weighted by Gasteiger charge is -2.04. The van der Waals surface area contributed by atoms with Crippen molar-refractivity contribution in [2.24, 2.45) is 0 Å². The Morgan fingerprint density at radius 2 is 1.37 bits per heavy atom. The van der Waals surface area contributed by atoms with Gasteiger partial charge in [-0.25, -0.2) is 0 Å². The van der Waals surface area contributed by atoms with Crippen molar-refractivity contribution in [2.45, 2.75) is 77.6 Å². The van der Waals surface area contributed by atoms with Crippen molar-refractivity contribution in [1.82, 2.24) is 5.32 Å². The van der Waals surface area contributed by atoms with E-state index in [1.54, 1.807) is 0 Å². The van der Waals surface area contributed by atoms with Gasteiger partial charge in [0.05, 0.1) is 0 Å². The van der Waals surface area contributed by atoms with Crippen LogP contribution in [0.15, 0.2) is 0 Å². The monoisotopic (exact) mass is 289 g/mol. The van der Waals surface area contributed by atoms with Gasteiger partial charge < -0.3 is 5.32 Å². The van der Waals surface area contributed by atoms with E-state index in [4.69, 9.17) is 11.6 Å². The van der Waals surface area contributed by atoms with Crippen LogP contribution >= 0.6 is 11.6 Å². The molecule has 0 aliphatic heterocycles. The van der Waals surface area contributed by atoms with Crippen LogP contribution in [-0.4, -0.2) is 17.7 Å². The van der Waals surface area contributed by atoms with E-state index in [0.29, 0.717) is 13.0 Å². The summed E-state index contributed by atoms with van der Waals surface area (Å²) in [4.78, 5) is 21.8. The number of carbonyl (C=O) groups is 2. The molecule has 3 nitrogen and oxygen atoms in total. The van der Waals surface area contributed by atoms with E-state index in [2.05, 4.69) is 12.2 Å². The predicted molar refractivity (Wildman–Crippen MR) is 80.3 cm³/mol. The van der Waals surface area contributed by atoms with Crippen molar-refractivity contribution in [3.8, 4) is 0 Å². The third-order valence-corrected chi connectivity index (χ3v) is 3.34. The largest absolute Gasteiger partial charge is 0.356 e. The van der Waals surface area contributed by atoms with Gasteiger partial charge >= 0.3 is 0 Å². The maximum atomic E-state index is 11.4. The van der Waals surface area contributed by atoms with Crippen molar-refractivity contribution in [3.05, 3.63) is 0 Å². The highest BCUT2D eigenvalue weighted by atomic mass is 35.5. The number of halogens is 1. The van der Waals surface area contributed by atoms with E-state index >= 15 is 0 Å². The van der Waals surface area contributed by atoms with Crippen LogP contribution in [0.2, 0.25) is 0 Å². The minimum absolute atomic E-state index is 0.0286. The summed E-state index contributed by atoms with van der Waals surface area (Å²) in [5.74, 6) is 0.0286. The van der Waals surface area contributed by atoms with E-state index in [1.807, 2.05) is 0 Å². The van der Waals surface area contributed by atoms with E-state index < -0.39 is 5.24 Å². The number of rotatable bonds is 13. The molecule has 0 atom stereocenters. The smallest absolute Gasteiger partial charge is 0.223 e. The number of carbonyl (C=O) groups excluding carboxylic acids is 2. The van der Waals surface area contributed by atoms with E-state index in [-0.39, 0.29) is 12.3 Å². The van der Waals surface area contributed by atoms with Gasteiger partial charge in [0.1, 0.15) is 0 Å². The van der Waals surface area contributed by atoms with E-state index in [0.717, 1.165) is 12.8 Å². The number of hydrogen-bond donors (Lipinski definition) is 1. The maximum absolute atomic E-state index is 11.4. The van der Waals surface area contributed by atoms with Gasteiger partial charge in [0, 0.05) is 19.4 Å². The van der Waals surface area contributed by atoms with Crippen LogP contribution in [0.1, 0.15) is 77.6 Å². The Kier molecular flexibility index (Phi) is 13.4. The lowest BCUT2D eigenvalue weighted by atomic mass is 10.1. The highest BCUT2D eigenvalue weighted by molar-refractivity contribution is 6.63. The minimum Gasteiger partial charge on any atom is -0.356 e. The first-order valence-corrected chi connectivity index (χ1v) is 7.99. The number of nitrogens with one attached hydrogen (secondary N) is 1. The first kappa shape index (κ1) is 18.4. The summed E-state index contributed by atoms with van der Waals surface area (Å²) < 4.78 is 0. The van der Waals surface area contributed by atoms with Gasteiger partial charge in [-0.05, 0) is 18.0 Å². The zero-order chi connectivity index (χ0) is 14.3. The van der Waals surface area contributed by atoms with Crippen LogP contribution < -0.4 is 5.32 Å². The summed E-state index contributed by atoms with van der Waals surface area (Å²) in [5, 5.41) is 2.30. The molecule has 1 amide bonds. The fourth-order valence-corrected chi connectivity index (χ4v) is 2.08. The molecule has 0 unspecified atom stereocenters. The van der Waals surface area contributed by atoms with Gasteiger partial charge in [-0.2, -0.15) is 0 Å². The molecule has 19 heavy (non-hydrogen) atoms. The Balaban J connectivity index is 3.16.